The first-order chi connectivity index (χ1) is 13.0. The second-order valence-electron chi connectivity index (χ2n) is 7.44. The van der Waals surface area contributed by atoms with Gasteiger partial charge in [-0.15, -0.1) is 10.2 Å². The molecule has 0 unspecified atom stereocenters. The average Bonchev–Trinajstić information content (AvgIpc) is 3.33. The topological polar surface area (TPSA) is 85.0 Å². The van der Waals surface area contributed by atoms with E-state index in [9.17, 15) is 0 Å². The van der Waals surface area contributed by atoms with Crippen molar-refractivity contribution in [2.45, 2.75) is 72.0 Å². The molecule has 0 amide bonds. The molecule has 2 aromatic heterocycles. The summed E-state index contributed by atoms with van der Waals surface area (Å²) < 4.78 is 4.06. The van der Waals surface area contributed by atoms with Gasteiger partial charge in [0.1, 0.15) is 12.4 Å². The number of aryl methyl sites for hydroxylation is 4. The molecule has 1 fully saturated rings. The van der Waals surface area contributed by atoms with Crippen molar-refractivity contribution >= 4 is 5.96 Å². The van der Waals surface area contributed by atoms with Crippen molar-refractivity contribution in [2.75, 3.05) is 6.54 Å². The fraction of sp³-hybridized carbons (Fsp3) is 0.684. The molecule has 2 N–H and O–H groups in total. The molecule has 0 atom stereocenters. The Kier molecular flexibility index (Phi) is 6.47. The quantitative estimate of drug-likeness (QED) is 0.441. The highest BCUT2D eigenvalue weighted by molar-refractivity contribution is 5.80. The lowest BCUT2D eigenvalue weighted by Gasteiger charge is -2.17. The molecule has 2 heterocycles. The minimum Gasteiger partial charge on any atom is -0.356 e. The minimum absolute atomic E-state index is 0.522. The largest absolute Gasteiger partial charge is 0.356 e. The number of hydrogen-bond donors (Lipinski definition) is 2. The molecule has 0 aromatic carbocycles. The summed E-state index contributed by atoms with van der Waals surface area (Å²) in [6, 6.07) is 2.64. The first-order valence-electron chi connectivity index (χ1n) is 9.93. The number of aliphatic imine (C=N–C) groups is 1. The molecule has 1 saturated carbocycles. The zero-order chi connectivity index (χ0) is 19.2. The Bertz CT molecular complexity index is 767. The number of rotatable bonds is 7. The van der Waals surface area contributed by atoms with Crippen LogP contribution in [0.3, 0.4) is 0 Å². The molecule has 0 bridgehead atoms. The van der Waals surface area contributed by atoms with Gasteiger partial charge >= 0.3 is 0 Å². The standard InChI is InChI=1S/C19H32N8/c1-14-12-15(2)27(25-14)11-7-10-20-19(22-17-8-5-6-9-17)21-13-18-24-23-16(3)26(18)4/h12,17H,5-11,13H2,1-4H3,(H2,20,21,22). The van der Waals surface area contributed by atoms with E-state index >= 15 is 0 Å². The van der Waals surface area contributed by atoms with E-state index in [0.717, 1.165) is 42.8 Å². The molecule has 148 valence electrons. The van der Waals surface area contributed by atoms with E-state index in [4.69, 9.17) is 4.99 Å². The molecule has 0 radical (unpaired) electrons. The third-order valence-electron chi connectivity index (χ3n) is 5.20. The van der Waals surface area contributed by atoms with E-state index in [1.165, 1.54) is 31.4 Å². The molecule has 1 aliphatic rings. The fourth-order valence-corrected chi connectivity index (χ4v) is 3.49. The van der Waals surface area contributed by atoms with Gasteiger partial charge in [-0.25, -0.2) is 4.99 Å². The van der Waals surface area contributed by atoms with Crippen LogP contribution in [0, 0.1) is 20.8 Å². The van der Waals surface area contributed by atoms with Crippen LogP contribution in [-0.4, -0.2) is 43.1 Å². The highest BCUT2D eigenvalue weighted by Crippen LogP contribution is 2.17. The van der Waals surface area contributed by atoms with Crippen molar-refractivity contribution < 1.29 is 0 Å². The van der Waals surface area contributed by atoms with Gasteiger partial charge in [0.15, 0.2) is 11.8 Å². The van der Waals surface area contributed by atoms with Gasteiger partial charge in [0, 0.05) is 31.9 Å². The van der Waals surface area contributed by atoms with Crippen molar-refractivity contribution in [1.82, 2.24) is 35.2 Å². The molecule has 1 aliphatic carbocycles. The number of hydrogen-bond acceptors (Lipinski definition) is 4. The Morgan fingerprint density at radius 2 is 2.00 bits per heavy atom. The summed E-state index contributed by atoms with van der Waals surface area (Å²) in [5.41, 5.74) is 2.28. The van der Waals surface area contributed by atoms with Crippen LogP contribution >= 0.6 is 0 Å². The van der Waals surface area contributed by atoms with Gasteiger partial charge in [-0.1, -0.05) is 12.8 Å². The number of nitrogens with one attached hydrogen (secondary N) is 2. The zero-order valence-electron chi connectivity index (χ0n) is 17.0. The first-order valence-corrected chi connectivity index (χ1v) is 9.93. The van der Waals surface area contributed by atoms with Crippen LogP contribution in [0.25, 0.3) is 0 Å². The maximum absolute atomic E-state index is 4.75. The molecule has 0 saturated heterocycles. The Hall–Kier alpha value is -2.38. The lowest BCUT2D eigenvalue weighted by molar-refractivity contribution is 0.549. The van der Waals surface area contributed by atoms with Gasteiger partial charge in [0.25, 0.3) is 0 Å². The highest BCUT2D eigenvalue weighted by Gasteiger charge is 2.16. The van der Waals surface area contributed by atoms with Crippen LogP contribution in [0.5, 0.6) is 0 Å². The molecule has 0 aliphatic heterocycles. The third-order valence-corrected chi connectivity index (χ3v) is 5.20. The highest BCUT2D eigenvalue weighted by atomic mass is 15.3. The smallest absolute Gasteiger partial charge is 0.191 e. The van der Waals surface area contributed by atoms with Crippen molar-refractivity contribution in [2.24, 2.45) is 12.0 Å². The van der Waals surface area contributed by atoms with Crippen molar-refractivity contribution in [3.05, 3.63) is 29.1 Å². The second kappa shape index (κ2) is 9.01. The van der Waals surface area contributed by atoms with E-state index in [2.05, 4.69) is 43.6 Å². The molecule has 3 rings (SSSR count). The average molecular weight is 373 g/mol. The predicted molar refractivity (Wildman–Crippen MR) is 107 cm³/mol. The van der Waals surface area contributed by atoms with Crippen molar-refractivity contribution in [1.29, 1.82) is 0 Å². The van der Waals surface area contributed by atoms with Crippen molar-refractivity contribution in [3.8, 4) is 0 Å². The van der Waals surface area contributed by atoms with Crippen LogP contribution in [0.1, 0.15) is 55.1 Å². The SMILES string of the molecule is Cc1cc(C)n(CCCNC(=NCc2nnc(C)n2C)NC2CCCC2)n1. The van der Waals surface area contributed by atoms with Gasteiger partial charge in [-0.3, -0.25) is 4.68 Å². The van der Waals surface area contributed by atoms with E-state index < -0.39 is 0 Å². The normalized spacial score (nSPS) is 15.5. The fourth-order valence-electron chi connectivity index (χ4n) is 3.49. The molecule has 0 spiro atoms. The van der Waals surface area contributed by atoms with E-state index in [0.29, 0.717) is 12.6 Å². The number of aromatic nitrogens is 5. The van der Waals surface area contributed by atoms with Gasteiger partial charge in [0.05, 0.1) is 5.69 Å². The summed E-state index contributed by atoms with van der Waals surface area (Å²) in [6.07, 6.45) is 6.03. The molecule has 8 nitrogen and oxygen atoms in total. The van der Waals surface area contributed by atoms with Gasteiger partial charge in [0.2, 0.25) is 0 Å². The lowest BCUT2D eigenvalue weighted by Crippen LogP contribution is -2.43. The number of guanidine groups is 1. The summed E-state index contributed by atoms with van der Waals surface area (Å²) in [5, 5.41) is 19.9. The van der Waals surface area contributed by atoms with E-state index in [1.54, 1.807) is 0 Å². The number of nitrogens with zero attached hydrogens (tertiary/aromatic N) is 6. The molecule has 27 heavy (non-hydrogen) atoms. The van der Waals surface area contributed by atoms with E-state index in [-0.39, 0.29) is 0 Å². The minimum atomic E-state index is 0.522. The first kappa shape index (κ1) is 19.4. The monoisotopic (exact) mass is 372 g/mol. The van der Waals surface area contributed by atoms with Crippen molar-refractivity contribution in [3.63, 3.8) is 0 Å². The Balaban J connectivity index is 1.54. The maximum atomic E-state index is 4.75. The maximum Gasteiger partial charge on any atom is 0.191 e. The van der Waals surface area contributed by atoms with Gasteiger partial charge in [-0.2, -0.15) is 5.10 Å². The van der Waals surface area contributed by atoms with Crippen LogP contribution in [0.4, 0.5) is 0 Å². The lowest BCUT2D eigenvalue weighted by atomic mass is 10.2. The Labute approximate surface area is 161 Å². The van der Waals surface area contributed by atoms with Crippen LogP contribution in [0.2, 0.25) is 0 Å². The molecular formula is C19H32N8. The van der Waals surface area contributed by atoms with E-state index in [1.807, 2.05) is 25.5 Å². The molecule has 2 aromatic rings. The summed E-state index contributed by atoms with van der Waals surface area (Å²) >= 11 is 0. The summed E-state index contributed by atoms with van der Waals surface area (Å²) in [4.78, 5) is 4.75. The van der Waals surface area contributed by atoms with Crippen LogP contribution < -0.4 is 10.6 Å². The summed E-state index contributed by atoms with van der Waals surface area (Å²) in [5.74, 6) is 2.65. The third kappa shape index (κ3) is 5.30. The zero-order valence-corrected chi connectivity index (χ0v) is 17.0. The summed E-state index contributed by atoms with van der Waals surface area (Å²) in [7, 11) is 1.98. The van der Waals surface area contributed by atoms with Crippen LogP contribution in [0.15, 0.2) is 11.1 Å². The summed E-state index contributed by atoms with van der Waals surface area (Å²) in [6.45, 7) is 8.38. The van der Waals surface area contributed by atoms with Gasteiger partial charge < -0.3 is 15.2 Å². The second-order valence-corrected chi connectivity index (χ2v) is 7.44. The molecular weight excluding hydrogens is 340 g/mol. The van der Waals surface area contributed by atoms with Crippen LogP contribution in [-0.2, 0) is 20.1 Å². The Morgan fingerprint density at radius 1 is 1.22 bits per heavy atom. The van der Waals surface area contributed by atoms with Gasteiger partial charge in [-0.05, 0) is 46.1 Å². The predicted octanol–water partition coefficient (Wildman–Crippen LogP) is 2.00. The molecule has 8 heteroatoms. The Morgan fingerprint density at radius 3 is 2.63 bits per heavy atom.